The molecule has 0 aromatic heterocycles. The third kappa shape index (κ3) is 3.11. The Hall–Kier alpha value is -0.0800. The van der Waals surface area contributed by atoms with E-state index in [2.05, 4.69) is 6.92 Å². The molecule has 1 fully saturated rings. The summed E-state index contributed by atoms with van der Waals surface area (Å²) < 4.78 is 5.25. The van der Waals surface area contributed by atoms with Crippen molar-refractivity contribution in [2.75, 3.05) is 7.11 Å². The number of rotatable bonds is 1. The Balaban J connectivity index is 0.000000561. The average Bonchev–Trinajstić information content (AvgIpc) is 2.13. The zero-order valence-electron chi connectivity index (χ0n) is 8.84. The van der Waals surface area contributed by atoms with Crippen LogP contribution in [0.15, 0.2) is 0 Å². The molecule has 2 heteroatoms. The number of hydrogen-bond acceptors (Lipinski definition) is 2. The molecule has 1 aliphatic carbocycles. The summed E-state index contributed by atoms with van der Waals surface area (Å²) in [6.45, 7) is 6.20. The van der Waals surface area contributed by atoms with Crippen molar-refractivity contribution < 1.29 is 4.74 Å². The van der Waals surface area contributed by atoms with Gasteiger partial charge in [0, 0.05) is 13.2 Å². The zero-order valence-corrected chi connectivity index (χ0v) is 8.84. The van der Waals surface area contributed by atoms with Crippen molar-refractivity contribution in [3.63, 3.8) is 0 Å². The lowest BCUT2D eigenvalue weighted by atomic mass is 9.84. The van der Waals surface area contributed by atoms with Crippen LogP contribution in [-0.4, -0.2) is 19.3 Å². The topological polar surface area (TPSA) is 35.2 Å². The highest BCUT2D eigenvalue weighted by Gasteiger charge is 2.26. The van der Waals surface area contributed by atoms with Crippen LogP contribution in [0.5, 0.6) is 0 Å². The van der Waals surface area contributed by atoms with Gasteiger partial charge in [-0.05, 0) is 18.8 Å². The van der Waals surface area contributed by atoms with Gasteiger partial charge in [-0.2, -0.15) is 0 Å². The largest absolute Gasteiger partial charge is 0.380 e. The van der Waals surface area contributed by atoms with Crippen LogP contribution in [0.3, 0.4) is 0 Å². The Labute approximate surface area is 76.5 Å². The second-order valence-electron chi connectivity index (χ2n) is 3.26. The van der Waals surface area contributed by atoms with Gasteiger partial charge in [-0.25, -0.2) is 0 Å². The van der Waals surface area contributed by atoms with Crippen molar-refractivity contribution in [3.05, 3.63) is 0 Å². The molecule has 3 unspecified atom stereocenters. The average molecular weight is 173 g/mol. The van der Waals surface area contributed by atoms with Crippen LogP contribution in [0.2, 0.25) is 0 Å². The molecule has 0 amide bonds. The van der Waals surface area contributed by atoms with Crippen LogP contribution in [0.1, 0.15) is 40.0 Å². The molecular formula is C10H23NO. The summed E-state index contributed by atoms with van der Waals surface area (Å²) >= 11 is 0. The Morgan fingerprint density at radius 3 is 2.25 bits per heavy atom. The smallest absolute Gasteiger partial charge is 0.0724 e. The molecule has 1 rings (SSSR count). The van der Waals surface area contributed by atoms with E-state index in [1.807, 2.05) is 13.8 Å². The van der Waals surface area contributed by atoms with Gasteiger partial charge in [-0.3, -0.25) is 0 Å². The second-order valence-corrected chi connectivity index (χ2v) is 3.26. The van der Waals surface area contributed by atoms with Crippen LogP contribution in [0, 0.1) is 5.92 Å². The molecule has 2 N–H and O–H groups in total. The highest BCUT2D eigenvalue weighted by molar-refractivity contribution is 4.83. The van der Waals surface area contributed by atoms with Gasteiger partial charge in [0.1, 0.15) is 0 Å². The zero-order chi connectivity index (χ0) is 9.56. The van der Waals surface area contributed by atoms with Gasteiger partial charge in [0.25, 0.3) is 0 Å². The maximum absolute atomic E-state index is 5.91. The second kappa shape index (κ2) is 6.44. The Kier molecular flexibility index (Phi) is 6.39. The summed E-state index contributed by atoms with van der Waals surface area (Å²) in [4.78, 5) is 0. The lowest BCUT2D eigenvalue weighted by Gasteiger charge is -2.32. The normalized spacial score (nSPS) is 35.2. The van der Waals surface area contributed by atoms with E-state index in [4.69, 9.17) is 10.5 Å². The molecule has 0 aromatic carbocycles. The van der Waals surface area contributed by atoms with E-state index in [1.54, 1.807) is 7.11 Å². The lowest BCUT2D eigenvalue weighted by Crippen LogP contribution is -2.44. The van der Waals surface area contributed by atoms with E-state index in [0.29, 0.717) is 12.0 Å². The molecule has 1 saturated carbocycles. The molecule has 0 radical (unpaired) electrons. The summed E-state index contributed by atoms with van der Waals surface area (Å²) in [7, 11) is 1.75. The minimum absolute atomic E-state index is 0.263. The van der Waals surface area contributed by atoms with Crippen molar-refractivity contribution >= 4 is 0 Å². The highest BCUT2D eigenvalue weighted by atomic mass is 16.5. The molecule has 0 bridgehead atoms. The molecule has 0 aromatic rings. The fourth-order valence-corrected chi connectivity index (χ4v) is 1.67. The first-order chi connectivity index (χ1) is 5.75. The Morgan fingerprint density at radius 1 is 1.25 bits per heavy atom. The van der Waals surface area contributed by atoms with Crippen LogP contribution in [-0.2, 0) is 4.74 Å². The van der Waals surface area contributed by atoms with Crippen molar-refractivity contribution in [1.29, 1.82) is 0 Å². The van der Waals surface area contributed by atoms with E-state index in [-0.39, 0.29) is 6.04 Å². The van der Waals surface area contributed by atoms with Crippen LogP contribution < -0.4 is 5.73 Å². The molecule has 1 aliphatic rings. The predicted octanol–water partition coefficient (Wildman–Crippen LogP) is 2.17. The molecule has 3 atom stereocenters. The first-order valence-electron chi connectivity index (χ1n) is 5.04. The van der Waals surface area contributed by atoms with Gasteiger partial charge in [0.2, 0.25) is 0 Å². The molecular weight excluding hydrogens is 150 g/mol. The maximum Gasteiger partial charge on any atom is 0.0724 e. The summed E-state index contributed by atoms with van der Waals surface area (Å²) in [5, 5.41) is 0. The van der Waals surface area contributed by atoms with E-state index >= 15 is 0 Å². The minimum atomic E-state index is 0.263. The van der Waals surface area contributed by atoms with Gasteiger partial charge >= 0.3 is 0 Å². The van der Waals surface area contributed by atoms with Gasteiger partial charge in [0.05, 0.1) is 6.10 Å². The summed E-state index contributed by atoms with van der Waals surface area (Å²) in [5.41, 5.74) is 5.91. The number of hydrogen-bond donors (Lipinski definition) is 1. The molecule has 2 nitrogen and oxygen atoms in total. The molecule has 0 spiro atoms. The highest BCUT2D eigenvalue weighted by Crippen LogP contribution is 2.24. The van der Waals surface area contributed by atoms with Gasteiger partial charge in [-0.1, -0.05) is 27.2 Å². The number of nitrogens with two attached hydrogens (primary N) is 1. The summed E-state index contributed by atoms with van der Waals surface area (Å²) in [6, 6.07) is 0.263. The minimum Gasteiger partial charge on any atom is -0.380 e. The number of ether oxygens (including phenoxy) is 1. The Morgan fingerprint density at radius 2 is 1.83 bits per heavy atom. The van der Waals surface area contributed by atoms with Gasteiger partial charge in [-0.15, -0.1) is 0 Å². The Bertz CT molecular complexity index is 106. The van der Waals surface area contributed by atoms with Crippen molar-refractivity contribution in [3.8, 4) is 0 Å². The SMILES string of the molecule is CC.COC1CCCC(C)C1N. The fourth-order valence-electron chi connectivity index (χ4n) is 1.67. The molecule has 0 saturated heterocycles. The monoisotopic (exact) mass is 173 g/mol. The quantitative estimate of drug-likeness (QED) is 0.659. The molecule has 0 heterocycles. The lowest BCUT2D eigenvalue weighted by molar-refractivity contribution is 0.0354. The van der Waals surface area contributed by atoms with Gasteiger partial charge in [0.15, 0.2) is 0 Å². The third-order valence-corrected chi connectivity index (χ3v) is 2.54. The standard InChI is InChI=1S/C8H17NO.C2H6/c1-6-4-3-5-7(10-2)8(6)9;1-2/h6-8H,3-5,9H2,1-2H3;1-2H3. The van der Waals surface area contributed by atoms with E-state index in [1.165, 1.54) is 12.8 Å². The van der Waals surface area contributed by atoms with Crippen molar-refractivity contribution in [2.45, 2.75) is 52.2 Å². The summed E-state index contributed by atoms with van der Waals surface area (Å²) in [6.07, 6.45) is 3.99. The van der Waals surface area contributed by atoms with Gasteiger partial charge < -0.3 is 10.5 Å². The first-order valence-corrected chi connectivity index (χ1v) is 5.04. The van der Waals surface area contributed by atoms with Crippen LogP contribution in [0.25, 0.3) is 0 Å². The maximum atomic E-state index is 5.91. The van der Waals surface area contributed by atoms with Crippen LogP contribution >= 0.6 is 0 Å². The molecule has 0 aliphatic heterocycles. The predicted molar refractivity (Wildman–Crippen MR) is 53.1 cm³/mol. The van der Waals surface area contributed by atoms with E-state index in [9.17, 15) is 0 Å². The van der Waals surface area contributed by atoms with E-state index in [0.717, 1.165) is 6.42 Å². The number of methoxy groups -OCH3 is 1. The molecule has 74 valence electrons. The van der Waals surface area contributed by atoms with E-state index < -0.39 is 0 Å². The first kappa shape index (κ1) is 11.9. The fraction of sp³-hybridized carbons (Fsp3) is 1.00. The molecule has 12 heavy (non-hydrogen) atoms. The van der Waals surface area contributed by atoms with Crippen molar-refractivity contribution in [1.82, 2.24) is 0 Å². The van der Waals surface area contributed by atoms with Crippen LogP contribution in [0.4, 0.5) is 0 Å². The summed E-state index contributed by atoms with van der Waals surface area (Å²) in [5.74, 6) is 0.638. The van der Waals surface area contributed by atoms with Crippen molar-refractivity contribution in [2.24, 2.45) is 11.7 Å². The third-order valence-electron chi connectivity index (χ3n) is 2.54.